The zero-order chi connectivity index (χ0) is 23.9. The zero-order valence-electron chi connectivity index (χ0n) is 20.1. The van der Waals surface area contributed by atoms with Gasteiger partial charge in [-0.3, -0.25) is 14.4 Å². The molecule has 178 valence electrons. The molecule has 0 atom stereocenters. The monoisotopic (exact) mass is 467 g/mol. The SMILES string of the molecule is Cc1c(-c2ccc3cnc(NC(=O)c4ccnc(N5CCN(C6CC6)CC5)c4)cc3c2)cnn1C. The number of nitrogens with zero attached hydrogens (tertiary/aromatic N) is 6. The number of aryl methyl sites for hydroxylation is 1. The van der Waals surface area contributed by atoms with Crippen molar-refractivity contribution in [1.29, 1.82) is 0 Å². The molecule has 6 rings (SSSR count). The highest BCUT2D eigenvalue weighted by atomic mass is 16.1. The van der Waals surface area contributed by atoms with Gasteiger partial charge in [0.15, 0.2) is 0 Å². The number of rotatable bonds is 5. The summed E-state index contributed by atoms with van der Waals surface area (Å²) in [5, 5.41) is 9.35. The predicted octanol–water partition coefficient (Wildman–Crippen LogP) is 3.88. The van der Waals surface area contributed by atoms with E-state index in [0.717, 1.165) is 65.6 Å². The Labute approximate surface area is 204 Å². The van der Waals surface area contributed by atoms with Crippen molar-refractivity contribution in [2.24, 2.45) is 7.05 Å². The van der Waals surface area contributed by atoms with Gasteiger partial charge in [0.1, 0.15) is 11.6 Å². The average molecular weight is 468 g/mol. The first-order chi connectivity index (χ1) is 17.0. The number of benzene rings is 1. The number of piperazine rings is 1. The highest BCUT2D eigenvalue weighted by Crippen LogP contribution is 2.29. The molecule has 1 aliphatic heterocycles. The lowest BCUT2D eigenvalue weighted by atomic mass is 10.0. The number of aromatic nitrogens is 4. The van der Waals surface area contributed by atoms with E-state index in [9.17, 15) is 4.79 Å². The number of amides is 1. The van der Waals surface area contributed by atoms with Crippen LogP contribution in [0.2, 0.25) is 0 Å². The van der Waals surface area contributed by atoms with Crippen molar-refractivity contribution in [2.45, 2.75) is 25.8 Å². The molecule has 2 fully saturated rings. The Hall–Kier alpha value is -3.78. The van der Waals surface area contributed by atoms with Crippen molar-refractivity contribution in [3.63, 3.8) is 0 Å². The summed E-state index contributed by atoms with van der Waals surface area (Å²) in [6, 6.07) is 12.6. The third-order valence-corrected chi connectivity index (χ3v) is 7.22. The number of pyridine rings is 2. The van der Waals surface area contributed by atoms with Gasteiger partial charge in [-0.2, -0.15) is 5.10 Å². The number of anilines is 2. The van der Waals surface area contributed by atoms with Crippen molar-refractivity contribution >= 4 is 28.3 Å². The molecule has 0 unspecified atom stereocenters. The van der Waals surface area contributed by atoms with Crippen LogP contribution in [0.15, 0.2) is 55.0 Å². The van der Waals surface area contributed by atoms with Gasteiger partial charge in [-0.05, 0) is 55.0 Å². The molecule has 1 amide bonds. The van der Waals surface area contributed by atoms with E-state index >= 15 is 0 Å². The van der Waals surface area contributed by atoms with Gasteiger partial charge in [-0.15, -0.1) is 0 Å². The van der Waals surface area contributed by atoms with Crippen molar-refractivity contribution in [3.8, 4) is 11.1 Å². The maximum atomic E-state index is 13.1. The number of hydrogen-bond acceptors (Lipinski definition) is 6. The summed E-state index contributed by atoms with van der Waals surface area (Å²) in [5.74, 6) is 1.20. The number of nitrogens with one attached hydrogen (secondary N) is 1. The Morgan fingerprint density at radius 1 is 0.971 bits per heavy atom. The van der Waals surface area contributed by atoms with Crippen LogP contribution in [0.3, 0.4) is 0 Å². The van der Waals surface area contributed by atoms with E-state index in [0.29, 0.717) is 11.4 Å². The molecule has 1 aliphatic carbocycles. The molecular weight excluding hydrogens is 438 g/mol. The normalized spacial score (nSPS) is 16.6. The fourth-order valence-corrected chi connectivity index (χ4v) is 4.84. The van der Waals surface area contributed by atoms with E-state index in [1.165, 1.54) is 12.8 Å². The number of hydrogen-bond donors (Lipinski definition) is 1. The smallest absolute Gasteiger partial charge is 0.257 e. The van der Waals surface area contributed by atoms with Crippen LogP contribution in [-0.4, -0.2) is 62.8 Å². The molecule has 8 heteroatoms. The van der Waals surface area contributed by atoms with Gasteiger partial charge < -0.3 is 10.2 Å². The number of carbonyl (C=O) groups is 1. The van der Waals surface area contributed by atoms with Gasteiger partial charge in [0, 0.05) is 73.9 Å². The molecule has 35 heavy (non-hydrogen) atoms. The quantitative estimate of drug-likeness (QED) is 0.480. The third-order valence-electron chi connectivity index (χ3n) is 7.22. The average Bonchev–Trinajstić information content (AvgIpc) is 3.69. The molecule has 1 aromatic carbocycles. The summed E-state index contributed by atoms with van der Waals surface area (Å²) < 4.78 is 1.87. The predicted molar refractivity (Wildman–Crippen MR) is 138 cm³/mol. The Bertz CT molecular complexity index is 1400. The fraction of sp³-hybridized carbons (Fsp3) is 0.333. The zero-order valence-corrected chi connectivity index (χ0v) is 20.1. The maximum absolute atomic E-state index is 13.1. The second-order valence-corrected chi connectivity index (χ2v) is 9.51. The Balaban J connectivity index is 1.19. The molecule has 0 spiro atoms. The van der Waals surface area contributed by atoms with Gasteiger partial charge in [0.2, 0.25) is 0 Å². The minimum Gasteiger partial charge on any atom is -0.354 e. The molecule has 1 saturated carbocycles. The minimum atomic E-state index is -0.184. The molecule has 1 saturated heterocycles. The molecule has 4 heterocycles. The first-order valence-corrected chi connectivity index (χ1v) is 12.2. The van der Waals surface area contributed by atoms with E-state index in [1.54, 1.807) is 18.5 Å². The van der Waals surface area contributed by atoms with Crippen LogP contribution in [-0.2, 0) is 7.05 Å². The van der Waals surface area contributed by atoms with Gasteiger partial charge >= 0.3 is 0 Å². The van der Waals surface area contributed by atoms with E-state index in [2.05, 4.69) is 49.2 Å². The van der Waals surface area contributed by atoms with Crippen molar-refractivity contribution in [1.82, 2.24) is 24.6 Å². The molecule has 3 aromatic heterocycles. The van der Waals surface area contributed by atoms with Crippen LogP contribution >= 0.6 is 0 Å². The molecule has 4 aromatic rings. The number of fused-ring (bicyclic) bond motifs is 1. The summed E-state index contributed by atoms with van der Waals surface area (Å²) in [5.41, 5.74) is 3.88. The van der Waals surface area contributed by atoms with Crippen LogP contribution in [0.4, 0.5) is 11.6 Å². The van der Waals surface area contributed by atoms with E-state index < -0.39 is 0 Å². The second kappa shape index (κ2) is 8.78. The topological polar surface area (TPSA) is 79.2 Å². The summed E-state index contributed by atoms with van der Waals surface area (Å²) in [7, 11) is 1.94. The van der Waals surface area contributed by atoms with Crippen molar-refractivity contribution < 1.29 is 4.79 Å². The van der Waals surface area contributed by atoms with Crippen LogP contribution in [0.5, 0.6) is 0 Å². The standard InChI is InChI=1S/C27H29N7O/c1-18-24(17-30-32(18)2)19-3-4-21-16-29-25(14-22(21)13-19)31-27(35)20-7-8-28-26(15-20)34-11-9-33(10-12-34)23-5-6-23/h3-4,7-8,13-17,23H,5-6,9-12H2,1-2H3,(H,29,31,35). The lowest BCUT2D eigenvalue weighted by Gasteiger charge is -2.35. The number of carbonyl (C=O) groups excluding carboxylic acids is 1. The highest BCUT2D eigenvalue weighted by molar-refractivity contribution is 6.05. The van der Waals surface area contributed by atoms with E-state index in [1.807, 2.05) is 36.1 Å². The first-order valence-electron chi connectivity index (χ1n) is 12.2. The summed E-state index contributed by atoms with van der Waals surface area (Å²) >= 11 is 0. The minimum absolute atomic E-state index is 0.184. The Morgan fingerprint density at radius 2 is 1.80 bits per heavy atom. The van der Waals surface area contributed by atoms with Crippen molar-refractivity contribution in [3.05, 3.63) is 66.2 Å². The maximum Gasteiger partial charge on any atom is 0.257 e. The molecule has 1 N–H and O–H groups in total. The van der Waals surface area contributed by atoms with E-state index in [-0.39, 0.29) is 5.91 Å². The Morgan fingerprint density at radius 3 is 2.54 bits per heavy atom. The molecular formula is C27H29N7O. The van der Waals surface area contributed by atoms with Crippen LogP contribution in [0.25, 0.3) is 21.9 Å². The van der Waals surface area contributed by atoms with Crippen LogP contribution < -0.4 is 10.2 Å². The third kappa shape index (κ3) is 4.37. The Kier molecular flexibility index (Phi) is 5.45. The van der Waals surface area contributed by atoms with E-state index in [4.69, 9.17) is 0 Å². The lowest BCUT2D eigenvalue weighted by molar-refractivity contribution is 0.102. The molecule has 8 nitrogen and oxygen atoms in total. The highest BCUT2D eigenvalue weighted by Gasteiger charge is 2.31. The summed E-state index contributed by atoms with van der Waals surface area (Å²) in [4.78, 5) is 26.9. The molecule has 2 aliphatic rings. The van der Waals surface area contributed by atoms with Gasteiger partial charge in [-0.1, -0.05) is 12.1 Å². The van der Waals surface area contributed by atoms with Gasteiger partial charge in [-0.25, -0.2) is 9.97 Å². The fourth-order valence-electron chi connectivity index (χ4n) is 4.84. The van der Waals surface area contributed by atoms with Crippen molar-refractivity contribution in [2.75, 3.05) is 36.4 Å². The van der Waals surface area contributed by atoms with Crippen LogP contribution in [0.1, 0.15) is 28.9 Å². The molecule has 0 radical (unpaired) electrons. The lowest BCUT2D eigenvalue weighted by Crippen LogP contribution is -2.47. The van der Waals surface area contributed by atoms with Gasteiger partial charge in [0.25, 0.3) is 5.91 Å². The largest absolute Gasteiger partial charge is 0.354 e. The second-order valence-electron chi connectivity index (χ2n) is 9.51. The van der Waals surface area contributed by atoms with Gasteiger partial charge in [0.05, 0.1) is 6.20 Å². The first kappa shape index (κ1) is 21.7. The molecule has 0 bridgehead atoms. The van der Waals surface area contributed by atoms with Crippen LogP contribution in [0, 0.1) is 6.92 Å². The summed E-state index contributed by atoms with van der Waals surface area (Å²) in [6.45, 7) is 6.06. The summed E-state index contributed by atoms with van der Waals surface area (Å²) in [6.07, 6.45) is 8.06.